The van der Waals surface area contributed by atoms with E-state index in [-0.39, 0.29) is 5.91 Å². The van der Waals surface area contributed by atoms with Crippen molar-refractivity contribution in [1.82, 2.24) is 10.4 Å². The van der Waals surface area contributed by atoms with E-state index < -0.39 is 0 Å². The number of hydrazine groups is 1. The predicted molar refractivity (Wildman–Crippen MR) is 68.2 cm³/mol. The molecule has 0 aliphatic carbocycles. The molecule has 0 heterocycles. The molecule has 1 rings (SSSR count). The number of nitrogens with one attached hydrogen (secondary N) is 1. The molecule has 0 unspecified atom stereocenters. The van der Waals surface area contributed by atoms with Crippen molar-refractivity contribution in [1.29, 1.82) is 0 Å². The Labute approximate surface area is 103 Å². The molecule has 17 heavy (non-hydrogen) atoms. The van der Waals surface area contributed by atoms with Crippen LogP contribution in [0.25, 0.3) is 0 Å². The zero-order valence-electron chi connectivity index (χ0n) is 11.1. The fraction of sp³-hybridized carbons (Fsp3) is 0.462. The first-order valence-corrected chi connectivity index (χ1v) is 5.62. The zero-order valence-corrected chi connectivity index (χ0v) is 11.1. The Hall–Kier alpha value is -1.55. The maximum absolute atomic E-state index is 11.8. The Morgan fingerprint density at radius 3 is 2.47 bits per heavy atom. The fourth-order valence-corrected chi connectivity index (χ4v) is 1.59. The number of benzene rings is 1. The van der Waals surface area contributed by atoms with Gasteiger partial charge in [-0.25, -0.2) is 5.01 Å². The van der Waals surface area contributed by atoms with Crippen LogP contribution in [-0.2, 0) is 0 Å². The minimum Gasteiger partial charge on any atom is -0.496 e. The van der Waals surface area contributed by atoms with Gasteiger partial charge in [-0.3, -0.25) is 10.2 Å². The molecule has 1 aromatic carbocycles. The van der Waals surface area contributed by atoms with Crippen LogP contribution in [0.5, 0.6) is 5.75 Å². The molecule has 0 saturated carbocycles. The van der Waals surface area contributed by atoms with E-state index in [0.717, 1.165) is 11.3 Å². The molecule has 0 radical (unpaired) electrons. The van der Waals surface area contributed by atoms with E-state index in [0.29, 0.717) is 11.5 Å². The molecule has 94 valence electrons. The zero-order chi connectivity index (χ0) is 13.0. The second-order valence-electron chi connectivity index (χ2n) is 4.45. The van der Waals surface area contributed by atoms with E-state index >= 15 is 0 Å². The average Bonchev–Trinajstić information content (AvgIpc) is 2.27. The maximum atomic E-state index is 11.8. The van der Waals surface area contributed by atoms with Gasteiger partial charge < -0.3 is 4.74 Å². The minimum absolute atomic E-state index is 0.112. The first-order valence-electron chi connectivity index (χ1n) is 5.62. The number of rotatable bonds is 4. The van der Waals surface area contributed by atoms with Gasteiger partial charge in [-0.1, -0.05) is 13.8 Å². The molecule has 0 aromatic heterocycles. The average molecular weight is 236 g/mol. The van der Waals surface area contributed by atoms with Crippen molar-refractivity contribution in [2.75, 3.05) is 21.2 Å². The molecule has 0 fully saturated rings. The molecular weight excluding hydrogens is 216 g/mol. The van der Waals surface area contributed by atoms with Crippen LogP contribution in [-0.4, -0.2) is 32.1 Å². The highest BCUT2D eigenvalue weighted by molar-refractivity contribution is 5.94. The largest absolute Gasteiger partial charge is 0.496 e. The van der Waals surface area contributed by atoms with Gasteiger partial charge >= 0.3 is 0 Å². The summed E-state index contributed by atoms with van der Waals surface area (Å²) in [5, 5.41) is 1.63. The van der Waals surface area contributed by atoms with Crippen molar-refractivity contribution >= 4 is 5.91 Å². The SMILES string of the molecule is COc1ccc(C(=O)NN(C)C)cc1C(C)C. The Morgan fingerprint density at radius 2 is 2.00 bits per heavy atom. The first kappa shape index (κ1) is 13.5. The number of carbonyl (C=O) groups excluding carboxylic acids is 1. The molecule has 0 atom stereocenters. The topological polar surface area (TPSA) is 41.6 Å². The fourth-order valence-electron chi connectivity index (χ4n) is 1.59. The van der Waals surface area contributed by atoms with Gasteiger partial charge in [0.2, 0.25) is 0 Å². The summed E-state index contributed by atoms with van der Waals surface area (Å²) in [6, 6.07) is 5.48. The van der Waals surface area contributed by atoms with E-state index in [1.165, 1.54) is 0 Å². The van der Waals surface area contributed by atoms with Crippen molar-refractivity contribution in [2.24, 2.45) is 0 Å². The van der Waals surface area contributed by atoms with E-state index in [4.69, 9.17) is 4.74 Å². The normalized spacial score (nSPS) is 10.8. The monoisotopic (exact) mass is 236 g/mol. The van der Waals surface area contributed by atoms with Crippen LogP contribution in [0, 0.1) is 0 Å². The van der Waals surface area contributed by atoms with E-state index in [9.17, 15) is 4.79 Å². The lowest BCUT2D eigenvalue weighted by molar-refractivity contribution is 0.0857. The van der Waals surface area contributed by atoms with E-state index in [1.54, 1.807) is 32.3 Å². The third-order valence-corrected chi connectivity index (χ3v) is 2.44. The Kier molecular flexibility index (Phi) is 4.52. The van der Waals surface area contributed by atoms with Gasteiger partial charge in [-0.15, -0.1) is 0 Å². The quantitative estimate of drug-likeness (QED) is 0.813. The van der Waals surface area contributed by atoms with E-state index in [2.05, 4.69) is 19.3 Å². The van der Waals surface area contributed by atoms with Crippen molar-refractivity contribution in [3.05, 3.63) is 29.3 Å². The van der Waals surface area contributed by atoms with Crippen LogP contribution in [0.2, 0.25) is 0 Å². The van der Waals surface area contributed by atoms with Gasteiger partial charge in [0.05, 0.1) is 7.11 Å². The Bertz CT molecular complexity index is 400. The second-order valence-corrected chi connectivity index (χ2v) is 4.45. The van der Waals surface area contributed by atoms with Gasteiger partial charge in [0, 0.05) is 19.7 Å². The standard InChI is InChI=1S/C13H20N2O2/c1-9(2)11-8-10(6-7-12(11)17-5)13(16)14-15(3)4/h6-9H,1-5H3,(H,14,16). The van der Waals surface area contributed by atoms with Crippen LogP contribution in [0.15, 0.2) is 18.2 Å². The Morgan fingerprint density at radius 1 is 1.35 bits per heavy atom. The van der Waals surface area contributed by atoms with Crippen molar-refractivity contribution in [3.63, 3.8) is 0 Å². The minimum atomic E-state index is -0.112. The van der Waals surface area contributed by atoms with Gasteiger partial charge in [0.1, 0.15) is 5.75 Å². The lowest BCUT2D eigenvalue weighted by atomic mass is 9.99. The van der Waals surface area contributed by atoms with Crippen LogP contribution in [0.1, 0.15) is 35.7 Å². The van der Waals surface area contributed by atoms with Crippen LogP contribution < -0.4 is 10.2 Å². The summed E-state index contributed by atoms with van der Waals surface area (Å²) in [5.74, 6) is 1.03. The molecule has 0 aliphatic rings. The molecule has 1 aromatic rings. The summed E-state index contributed by atoms with van der Waals surface area (Å²) in [6.07, 6.45) is 0. The summed E-state index contributed by atoms with van der Waals surface area (Å²) in [7, 11) is 5.20. The summed E-state index contributed by atoms with van der Waals surface area (Å²) < 4.78 is 5.28. The van der Waals surface area contributed by atoms with Crippen molar-refractivity contribution in [2.45, 2.75) is 19.8 Å². The maximum Gasteiger partial charge on any atom is 0.265 e. The third kappa shape index (κ3) is 3.46. The highest BCUT2D eigenvalue weighted by atomic mass is 16.5. The molecule has 0 aliphatic heterocycles. The van der Waals surface area contributed by atoms with Crippen molar-refractivity contribution in [3.8, 4) is 5.75 Å². The van der Waals surface area contributed by atoms with E-state index in [1.807, 2.05) is 12.1 Å². The number of ether oxygens (including phenoxy) is 1. The number of hydrogen-bond acceptors (Lipinski definition) is 3. The van der Waals surface area contributed by atoms with Crippen LogP contribution in [0.4, 0.5) is 0 Å². The summed E-state index contributed by atoms with van der Waals surface area (Å²) in [6.45, 7) is 4.15. The lowest BCUT2D eigenvalue weighted by Crippen LogP contribution is -2.36. The van der Waals surface area contributed by atoms with Gasteiger partial charge in [0.15, 0.2) is 0 Å². The number of hydrogen-bond donors (Lipinski definition) is 1. The molecule has 4 nitrogen and oxygen atoms in total. The molecule has 0 spiro atoms. The highest BCUT2D eigenvalue weighted by Crippen LogP contribution is 2.27. The smallest absolute Gasteiger partial charge is 0.265 e. The van der Waals surface area contributed by atoms with Crippen LogP contribution in [0.3, 0.4) is 0 Å². The highest BCUT2D eigenvalue weighted by Gasteiger charge is 2.12. The summed E-state index contributed by atoms with van der Waals surface area (Å²) in [5.41, 5.74) is 4.40. The van der Waals surface area contributed by atoms with Gasteiger partial charge in [-0.05, 0) is 29.7 Å². The molecule has 1 amide bonds. The molecular formula is C13H20N2O2. The molecule has 4 heteroatoms. The number of nitrogens with zero attached hydrogens (tertiary/aromatic N) is 1. The third-order valence-electron chi connectivity index (χ3n) is 2.44. The molecule has 0 bridgehead atoms. The van der Waals surface area contributed by atoms with Crippen LogP contribution >= 0.6 is 0 Å². The number of methoxy groups -OCH3 is 1. The molecule has 0 saturated heterocycles. The van der Waals surface area contributed by atoms with Crippen molar-refractivity contribution < 1.29 is 9.53 Å². The Balaban J connectivity index is 3.03. The van der Waals surface area contributed by atoms with Gasteiger partial charge in [-0.2, -0.15) is 0 Å². The number of carbonyl (C=O) groups is 1. The first-order chi connectivity index (χ1) is 7.95. The second kappa shape index (κ2) is 5.68. The number of amides is 1. The summed E-state index contributed by atoms with van der Waals surface area (Å²) >= 11 is 0. The molecule has 1 N–H and O–H groups in total. The lowest BCUT2D eigenvalue weighted by Gasteiger charge is -2.15. The predicted octanol–water partition coefficient (Wildman–Crippen LogP) is 2.02. The summed E-state index contributed by atoms with van der Waals surface area (Å²) in [4.78, 5) is 11.8. The van der Waals surface area contributed by atoms with Gasteiger partial charge in [0.25, 0.3) is 5.91 Å².